The number of carbonyl (C=O) groups excluding carboxylic acids is 1. The van der Waals surface area contributed by atoms with E-state index in [9.17, 15) is 13.2 Å². The van der Waals surface area contributed by atoms with Crippen LogP contribution >= 0.6 is 22.9 Å². The number of hydrogen-bond acceptors (Lipinski definition) is 5. The molecule has 1 aromatic heterocycles. The lowest BCUT2D eigenvalue weighted by atomic mass is 10.2. The molecule has 0 spiro atoms. The topological polar surface area (TPSA) is 79.4 Å². The number of fused-ring (bicyclic) bond motifs is 1. The van der Waals surface area contributed by atoms with Gasteiger partial charge >= 0.3 is 0 Å². The second-order valence-electron chi connectivity index (χ2n) is 6.58. The smallest absolute Gasteiger partial charge is 0.257 e. The summed E-state index contributed by atoms with van der Waals surface area (Å²) in [6.45, 7) is 1.04. The van der Waals surface area contributed by atoms with Crippen molar-refractivity contribution in [2.45, 2.75) is 24.2 Å². The highest BCUT2D eigenvalue weighted by molar-refractivity contribution is 7.89. The third kappa shape index (κ3) is 3.91. The molecule has 1 saturated heterocycles. The van der Waals surface area contributed by atoms with Crippen molar-refractivity contribution in [1.82, 2.24) is 9.29 Å². The first kappa shape index (κ1) is 19.3. The van der Waals surface area contributed by atoms with E-state index in [1.807, 2.05) is 0 Å². The van der Waals surface area contributed by atoms with Crippen molar-refractivity contribution in [3.05, 3.63) is 53.1 Å². The Labute approximate surface area is 172 Å². The molecule has 1 fully saturated rings. The number of aromatic nitrogens is 1. The molecule has 4 rings (SSSR count). The SMILES string of the molecule is O=C(Nc1nc2ccc(Cl)cc2s1)c1cccc(S(=O)(=O)N2CCCCC2)c1. The number of nitrogens with one attached hydrogen (secondary N) is 1. The average Bonchev–Trinajstić information content (AvgIpc) is 3.10. The maximum absolute atomic E-state index is 12.8. The van der Waals surface area contributed by atoms with Gasteiger partial charge in [-0.1, -0.05) is 35.4 Å². The third-order valence-electron chi connectivity index (χ3n) is 4.62. The van der Waals surface area contributed by atoms with Gasteiger partial charge in [0.15, 0.2) is 5.13 Å². The van der Waals surface area contributed by atoms with E-state index in [1.165, 1.54) is 27.8 Å². The first-order valence-electron chi connectivity index (χ1n) is 8.91. The Morgan fingerprint density at radius 2 is 1.89 bits per heavy atom. The summed E-state index contributed by atoms with van der Waals surface area (Å²) in [7, 11) is -3.59. The van der Waals surface area contributed by atoms with Crippen LogP contribution in [0.25, 0.3) is 10.2 Å². The predicted molar refractivity (Wildman–Crippen MR) is 112 cm³/mol. The summed E-state index contributed by atoms with van der Waals surface area (Å²) in [5.41, 5.74) is 1.02. The summed E-state index contributed by atoms with van der Waals surface area (Å²) < 4.78 is 28.0. The van der Waals surface area contributed by atoms with Gasteiger partial charge in [-0.3, -0.25) is 10.1 Å². The molecule has 1 N–H and O–H groups in total. The van der Waals surface area contributed by atoms with E-state index in [0.717, 1.165) is 29.5 Å². The van der Waals surface area contributed by atoms with Crippen LogP contribution in [0.2, 0.25) is 5.02 Å². The number of anilines is 1. The number of thiazole rings is 1. The molecule has 2 aromatic carbocycles. The molecule has 1 amide bonds. The Balaban J connectivity index is 1.57. The van der Waals surface area contributed by atoms with E-state index < -0.39 is 15.9 Å². The first-order chi connectivity index (χ1) is 13.4. The fourth-order valence-corrected chi connectivity index (χ4v) is 5.87. The van der Waals surface area contributed by atoms with Crippen LogP contribution in [0.4, 0.5) is 5.13 Å². The number of benzene rings is 2. The first-order valence-corrected chi connectivity index (χ1v) is 11.5. The normalized spacial score (nSPS) is 15.6. The van der Waals surface area contributed by atoms with Gasteiger partial charge in [-0.2, -0.15) is 4.31 Å². The summed E-state index contributed by atoms with van der Waals surface area (Å²) in [4.78, 5) is 17.1. The van der Waals surface area contributed by atoms with Crippen LogP contribution in [-0.2, 0) is 10.0 Å². The Morgan fingerprint density at radius 3 is 2.68 bits per heavy atom. The minimum atomic E-state index is -3.59. The molecule has 9 heteroatoms. The van der Waals surface area contributed by atoms with Gasteiger partial charge in [-0.25, -0.2) is 13.4 Å². The number of rotatable bonds is 4. The second kappa shape index (κ2) is 7.79. The van der Waals surface area contributed by atoms with Gasteiger partial charge in [0.1, 0.15) is 0 Å². The maximum atomic E-state index is 12.8. The molecule has 1 aliphatic heterocycles. The minimum Gasteiger partial charge on any atom is -0.298 e. The van der Waals surface area contributed by atoms with E-state index >= 15 is 0 Å². The number of hydrogen-bond donors (Lipinski definition) is 1. The molecule has 6 nitrogen and oxygen atoms in total. The highest BCUT2D eigenvalue weighted by Crippen LogP contribution is 2.29. The monoisotopic (exact) mass is 435 g/mol. The van der Waals surface area contributed by atoms with Crippen LogP contribution in [0.15, 0.2) is 47.4 Å². The van der Waals surface area contributed by atoms with Crippen LogP contribution < -0.4 is 5.32 Å². The lowest BCUT2D eigenvalue weighted by molar-refractivity contribution is 0.102. The second-order valence-corrected chi connectivity index (χ2v) is 9.98. The van der Waals surface area contributed by atoms with Crippen molar-refractivity contribution >= 4 is 54.2 Å². The lowest BCUT2D eigenvalue weighted by Gasteiger charge is -2.26. The van der Waals surface area contributed by atoms with Crippen molar-refractivity contribution in [3.63, 3.8) is 0 Å². The number of sulfonamides is 1. The predicted octanol–water partition coefficient (Wildman–Crippen LogP) is 4.38. The number of amides is 1. The fraction of sp³-hybridized carbons (Fsp3) is 0.263. The largest absolute Gasteiger partial charge is 0.298 e. The maximum Gasteiger partial charge on any atom is 0.257 e. The minimum absolute atomic E-state index is 0.137. The quantitative estimate of drug-likeness (QED) is 0.659. The van der Waals surface area contributed by atoms with Gasteiger partial charge in [0.05, 0.1) is 15.1 Å². The van der Waals surface area contributed by atoms with Gasteiger partial charge < -0.3 is 0 Å². The molecule has 0 atom stereocenters. The zero-order chi connectivity index (χ0) is 19.7. The standard InChI is InChI=1S/C19H18ClN3O3S2/c20-14-7-8-16-17(12-14)27-19(21-16)22-18(24)13-5-4-6-15(11-13)28(25,26)23-9-2-1-3-10-23/h4-8,11-12H,1-3,9-10H2,(H,21,22,24). The van der Waals surface area contributed by atoms with Gasteiger partial charge in [-0.05, 0) is 49.2 Å². The lowest BCUT2D eigenvalue weighted by Crippen LogP contribution is -2.35. The molecule has 0 saturated carbocycles. The molecule has 0 unspecified atom stereocenters. The van der Waals surface area contributed by atoms with Crippen LogP contribution in [0.5, 0.6) is 0 Å². The summed E-state index contributed by atoms with van der Waals surface area (Å²) >= 11 is 7.30. The molecular formula is C19H18ClN3O3S2. The summed E-state index contributed by atoms with van der Waals surface area (Å²) in [5.74, 6) is -0.402. The number of piperidine rings is 1. The average molecular weight is 436 g/mol. The molecule has 3 aromatic rings. The van der Waals surface area contributed by atoms with Crippen molar-refractivity contribution in [2.24, 2.45) is 0 Å². The molecule has 28 heavy (non-hydrogen) atoms. The Bertz CT molecular complexity index is 1140. The van der Waals surface area contributed by atoms with E-state index in [1.54, 1.807) is 30.3 Å². The van der Waals surface area contributed by atoms with E-state index in [-0.39, 0.29) is 10.5 Å². The molecule has 0 aliphatic carbocycles. The molecular weight excluding hydrogens is 418 g/mol. The van der Waals surface area contributed by atoms with E-state index in [2.05, 4.69) is 10.3 Å². The third-order valence-corrected chi connectivity index (χ3v) is 7.68. The zero-order valence-electron chi connectivity index (χ0n) is 14.9. The van der Waals surface area contributed by atoms with Crippen LogP contribution in [-0.4, -0.2) is 36.7 Å². The van der Waals surface area contributed by atoms with Gasteiger partial charge in [0, 0.05) is 23.7 Å². The fourth-order valence-electron chi connectivity index (χ4n) is 3.17. The number of nitrogens with zero attached hydrogens (tertiary/aromatic N) is 2. The molecule has 0 radical (unpaired) electrons. The Morgan fingerprint density at radius 1 is 1.11 bits per heavy atom. The highest BCUT2D eigenvalue weighted by Gasteiger charge is 2.26. The van der Waals surface area contributed by atoms with E-state index in [4.69, 9.17) is 11.6 Å². The summed E-state index contributed by atoms with van der Waals surface area (Å²) in [6, 6.07) is 11.4. The molecule has 146 valence electrons. The van der Waals surface area contributed by atoms with Gasteiger partial charge in [-0.15, -0.1) is 0 Å². The van der Waals surface area contributed by atoms with Gasteiger partial charge in [0.25, 0.3) is 5.91 Å². The Hall–Kier alpha value is -2.00. The number of carbonyl (C=O) groups is 1. The highest BCUT2D eigenvalue weighted by atomic mass is 35.5. The summed E-state index contributed by atoms with van der Waals surface area (Å²) in [5, 5.41) is 3.78. The zero-order valence-corrected chi connectivity index (χ0v) is 17.3. The van der Waals surface area contributed by atoms with Crippen molar-refractivity contribution < 1.29 is 13.2 Å². The molecule has 1 aliphatic rings. The van der Waals surface area contributed by atoms with Crippen LogP contribution in [0.1, 0.15) is 29.6 Å². The number of halogens is 1. The Kier molecular flexibility index (Phi) is 5.37. The van der Waals surface area contributed by atoms with Crippen molar-refractivity contribution in [1.29, 1.82) is 0 Å². The van der Waals surface area contributed by atoms with Crippen LogP contribution in [0, 0.1) is 0 Å². The summed E-state index contributed by atoms with van der Waals surface area (Å²) in [6.07, 6.45) is 2.77. The van der Waals surface area contributed by atoms with Gasteiger partial charge in [0.2, 0.25) is 10.0 Å². The van der Waals surface area contributed by atoms with E-state index in [0.29, 0.717) is 23.2 Å². The molecule has 0 bridgehead atoms. The van der Waals surface area contributed by atoms with Crippen molar-refractivity contribution in [2.75, 3.05) is 18.4 Å². The van der Waals surface area contributed by atoms with Crippen molar-refractivity contribution in [3.8, 4) is 0 Å². The molecule has 2 heterocycles. The van der Waals surface area contributed by atoms with Crippen LogP contribution in [0.3, 0.4) is 0 Å².